The van der Waals surface area contributed by atoms with Gasteiger partial charge in [0.15, 0.2) is 6.61 Å². The predicted octanol–water partition coefficient (Wildman–Crippen LogP) is 6.19. The van der Waals surface area contributed by atoms with Gasteiger partial charge in [0.05, 0.1) is 33.8 Å². The molecule has 1 fully saturated rings. The van der Waals surface area contributed by atoms with Crippen LogP contribution in [0.25, 0.3) is 0 Å². The Bertz CT molecular complexity index is 1710. The summed E-state index contributed by atoms with van der Waals surface area (Å²) in [6.45, 7) is -0.603. The number of carbonyl (C=O) groups excluding carboxylic acids is 4. The molecule has 4 aromatic carbocycles. The average molecular weight is 597 g/mol. The molecular formula is C33H22Cl2N2O5. The highest BCUT2D eigenvalue weighted by molar-refractivity contribution is 6.36. The van der Waals surface area contributed by atoms with Gasteiger partial charge in [-0.2, -0.15) is 0 Å². The van der Waals surface area contributed by atoms with Gasteiger partial charge in [0.1, 0.15) is 0 Å². The molecule has 0 saturated carbocycles. The van der Waals surface area contributed by atoms with Crippen molar-refractivity contribution in [2.75, 3.05) is 16.8 Å². The van der Waals surface area contributed by atoms with Crippen molar-refractivity contribution in [3.05, 3.63) is 129 Å². The fourth-order valence-corrected chi connectivity index (χ4v) is 7.20. The third-order valence-electron chi connectivity index (χ3n) is 8.35. The fourth-order valence-electron chi connectivity index (χ4n) is 6.74. The first-order chi connectivity index (χ1) is 20.3. The van der Waals surface area contributed by atoms with Crippen LogP contribution < -0.4 is 10.2 Å². The van der Waals surface area contributed by atoms with Gasteiger partial charge < -0.3 is 10.1 Å². The van der Waals surface area contributed by atoms with Crippen molar-refractivity contribution < 1.29 is 23.9 Å². The van der Waals surface area contributed by atoms with Crippen LogP contribution in [0.15, 0.2) is 91.0 Å². The lowest BCUT2D eigenvalue weighted by Gasteiger charge is -2.45. The van der Waals surface area contributed by atoms with E-state index in [1.54, 1.807) is 24.3 Å². The highest BCUT2D eigenvalue weighted by Crippen LogP contribution is 2.61. The minimum absolute atomic E-state index is 0.0116. The molecule has 1 saturated heterocycles. The number of hydrogen-bond donors (Lipinski definition) is 1. The molecule has 8 rings (SSSR count). The zero-order chi connectivity index (χ0) is 29.1. The number of anilines is 2. The lowest BCUT2D eigenvalue weighted by atomic mass is 9.55. The Hall–Kier alpha value is -4.46. The first-order valence-corrected chi connectivity index (χ1v) is 14.2. The smallest absolute Gasteiger partial charge is 0.340 e. The molecule has 0 radical (unpaired) electrons. The molecule has 9 heteroatoms. The summed E-state index contributed by atoms with van der Waals surface area (Å²) in [6, 6.07) is 26.8. The van der Waals surface area contributed by atoms with Gasteiger partial charge in [-0.1, -0.05) is 83.9 Å². The Labute approximate surface area is 251 Å². The van der Waals surface area contributed by atoms with Gasteiger partial charge >= 0.3 is 5.97 Å². The Kier molecular flexibility index (Phi) is 6.37. The number of esters is 1. The molecule has 7 nitrogen and oxygen atoms in total. The maximum absolute atomic E-state index is 14.1. The average Bonchev–Trinajstić information content (AvgIpc) is 3.27. The Morgan fingerprint density at radius 1 is 0.738 bits per heavy atom. The van der Waals surface area contributed by atoms with E-state index in [0.717, 1.165) is 27.2 Å². The topological polar surface area (TPSA) is 92.8 Å². The zero-order valence-corrected chi connectivity index (χ0v) is 23.4. The number of carbonyl (C=O) groups is 4. The second kappa shape index (κ2) is 10.1. The summed E-state index contributed by atoms with van der Waals surface area (Å²) in [4.78, 5) is 55.1. The quantitative estimate of drug-likeness (QED) is 0.219. The number of halogens is 2. The molecule has 4 aliphatic rings. The Balaban J connectivity index is 1.17. The van der Waals surface area contributed by atoms with Crippen LogP contribution in [-0.4, -0.2) is 30.3 Å². The second-order valence-electron chi connectivity index (χ2n) is 10.5. The predicted molar refractivity (Wildman–Crippen MR) is 158 cm³/mol. The van der Waals surface area contributed by atoms with Gasteiger partial charge in [-0.05, 0) is 52.6 Å². The minimum Gasteiger partial charge on any atom is -0.452 e. The van der Waals surface area contributed by atoms with E-state index >= 15 is 0 Å². The normalized spacial score (nSPS) is 21.4. The number of nitrogens with zero attached hydrogens (tertiary/aromatic N) is 1. The molecule has 0 spiro atoms. The first-order valence-electron chi connectivity index (χ1n) is 13.4. The van der Waals surface area contributed by atoms with Gasteiger partial charge in [0.25, 0.3) is 5.91 Å². The first kappa shape index (κ1) is 26.4. The molecule has 3 aliphatic carbocycles. The van der Waals surface area contributed by atoms with E-state index in [4.69, 9.17) is 27.9 Å². The van der Waals surface area contributed by atoms with Gasteiger partial charge in [-0.15, -0.1) is 0 Å². The Morgan fingerprint density at radius 2 is 1.26 bits per heavy atom. The van der Waals surface area contributed by atoms with E-state index in [-0.39, 0.29) is 39.9 Å². The van der Waals surface area contributed by atoms with Crippen LogP contribution in [0, 0.1) is 11.8 Å². The summed E-state index contributed by atoms with van der Waals surface area (Å²) in [5.74, 6) is -3.87. The van der Waals surface area contributed by atoms with E-state index in [0.29, 0.717) is 10.7 Å². The van der Waals surface area contributed by atoms with Crippen molar-refractivity contribution in [2.45, 2.75) is 11.8 Å². The molecular weight excluding hydrogens is 575 g/mol. The number of amides is 3. The van der Waals surface area contributed by atoms with Crippen molar-refractivity contribution in [3.8, 4) is 0 Å². The SMILES string of the molecule is O=C(COC(=O)c1ccccc1N1C(=O)[C@@H]2C3c4ccccc4C(c4ccccc43)[C@H]2C1=O)Nc1ccc(Cl)cc1Cl. The lowest BCUT2D eigenvalue weighted by Crippen LogP contribution is -2.41. The molecule has 1 aliphatic heterocycles. The van der Waals surface area contributed by atoms with Crippen molar-refractivity contribution in [1.82, 2.24) is 0 Å². The van der Waals surface area contributed by atoms with Crippen molar-refractivity contribution in [2.24, 2.45) is 11.8 Å². The van der Waals surface area contributed by atoms with Crippen LogP contribution in [-0.2, 0) is 19.1 Å². The summed E-state index contributed by atoms with van der Waals surface area (Å²) in [5.41, 5.74) is 4.71. The molecule has 208 valence electrons. The van der Waals surface area contributed by atoms with E-state index in [1.165, 1.54) is 18.2 Å². The number of ether oxygens (including phenoxy) is 1. The Morgan fingerprint density at radius 3 is 1.81 bits per heavy atom. The summed E-state index contributed by atoms with van der Waals surface area (Å²) in [5, 5.41) is 3.21. The lowest BCUT2D eigenvalue weighted by molar-refractivity contribution is -0.122. The number of para-hydroxylation sites is 1. The zero-order valence-electron chi connectivity index (χ0n) is 21.9. The van der Waals surface area contributed by atoms with Gasteiger partial charge in [-0.3, -0.25) is 14.4 Å². The fraction of sp³-hybridized carbons (Fsp3) is 0.152. The largest absolute Gasteiger partial charge is 0.452 e. The van der Waals surface area contributed by atoms with E-state index in [2.05, 4.69) is 5.32 Å². The number of nitrogens with one attached hydrogen (secondary N) is 1. The highest BCUT2D eigenvalue weighted by Gasteiger charge is 2.62. The third-order valence-corrected chi connectivity index (χ3v) is 8.90. The van der Waals surface area contributed by atoms with Gasteiger partial charge in [0, 0.05) is 16.9 Å². The summed E-state index contributed by atoms with van der Waals surface area (Å²) < 4.78 is 5.30. The third kappa shape index (κ3) is 4.03. The molecule has 2 bridgehead atoms. The molecule has 1 N–H and O–H groups in total. The molecule has 2 atom stereocenters. The van der Waals surface area contributed by atoms with Gasteiger partial charge in [0.2, 0.25) is 11.8 Å². The maximum atomic E-state index is 14.1. The van der Waals surface area contributed by atoms with Crippen LogP contribution in [0.3, 0.4) is 0 Å². The molecule has 1 heterocycles. The van der Waals surface area contributed by atoms with Crippen molar-refractivity contribution in [1.29, 1.82) is 0 Å². The van der Waals surface area contributed by atoms with Crippen LogP contribution in [0.4, 0.5) is 11.4 Å². The minimum atomic E-state index is -0.840. The number of rotatable bonds is 5. The summed E-state index contributed by atoms with van der Waals surface area (Å²) >= 11 is 12.0. The standard InChI is InChI=1S/C33H22Cl2N2O5/c34-17-13-14-24(23(35)15-17)36-26(38)16-42-33(41)22-11-5-6-12-25(22)37-31(39)29-27-18-7-1-2-8-19(18)28(30(29)32(37)40)21-10-4-3-9-20(21)27/h1-15,27-30H,16H2,(H,36,38)/t27?,28?,29-,30-/m1/s1. The highest BCUT2D eigenvalue weighted by atomic mass is 35.5. The molecule has 42 heavy (non-hydrogen) atoms. The van der Waals surface area contributed by atoms with Crippen molar-refractivity contribution >= 4 is 58.3 Å². The number of hydrogen-bond acceptors (Lipinski definition) is 5. The number of imide groups is 1. The van der Waals surface area contributed by atoms with Crippen LogP contribution in [0.5, 0.6) is 0 Å². The summed E-state index contributed by atoms with van der Waals surface area (Å²) in [7, 11) is 0. The summed E-state index contributed by atoms with van der Waals surface area (Å²) in [6.07, 6.45) is 0. The molecule has 0 aromatic heterocycles. The van der Waals surface area contributed by atoms with Crippen LogP contribution in [0.1, 0.15) is 44.4 Å². The van der Waals surface area contributed by atoms with E-state index in [1.807, 2.05) is 48.5 Å². The van der Waals surface area contributed by atoms with Crippen LogP contribution in [0.2, 0.25) is 10.0 Å². The van der Waals surface area contributed by atoms with Crippen molar-refractivity contribution in [3.63, 3.8) is 0 Å². The molecule has 4 aromatic rings. The maximum Gasteiger partial charge on any atom is 0.340 e. The van der Waals surface area contributed by atoms with E-state index in [9.17, 15) is 19.2 Å². The van der Waals surface area contributed by atoms with Crippen LogP contribution >= 0.6 is 23.2 Å². The second-order valence-corrected chi connectivity index (χ2v) is 11.4. The van der Waals surface area contributed by atoms with E-state index < -0.39 is 30.3 Å². The molecule has 3 amide bonds. The monoisotopic (exact) mass is 596 g/mol. The number of benzene rings is 4. The van der Waals surface area contributed by atoms with Gasteiger partial charge in [-0.25, -0.2) is 9.69 Å². The molecule has 0 unspecified atom stereocenters.